The van der Waals surface area contributed by atoms with E-state index < -0.39 is 5.97 Å². The Balaban J connectivity index is 1.94. The predicted octanol–water partition coefficient (Wildman–Crippen LogP) is 3.24. The molecule has 0 saturated carbocycles. The van der Waals surface area contributed by atoms with E-state index in [1.165, 1.54) is 5.56 Å². The summed E-state index contributed by atoms with van der Waals surface area (Å²) in [5, 5.41) is 18.0. The number of ether oxygens (including phenoxy) is 1. The van der Waals surface area contributed by atoms with Crippen LogP contribution in [-0.4, -0.2) is 38.7 Å². The second-order valence-corrected chi connectivity index (χ2v) is 6.52. The quantitative estimate of drug-likeness (QED) is 0.614. The molecule has 0 aliphatic heterocycles. The summed E-state index contributed by atoms with van der Waals surface area (Å²) < 4.78 is 7.35. The summed E-state index contributed by atoms with van der Waals surface area (Å²) >= 11 is 1.15. The van der Waals surface area contributed by atoms with Crippen LogP contribution in [0.3, 0.4) is 0 Å². The third-order valence-corrected chi connectivity index (χ3v) is 4.75. The molecule has 0 unspecified atom stereocenters. The fourth-order valence-corrected chi connectivity index (χ4v) is 3.32. The van der Waals surface area contributed by atoms with Crippen LogP contribution in [0.25, 0.3) is 5.69 Å². The molecular formula is C19H19N3O3S. The van der Waals surface area contributed by atoms with Gasteiger partial charge in [0, 0.05) is 6.42 Å². The zero-order valence-corrected chi connectivity index (χ0v) is 15.1. The second kappa shape index (κ2) is 8.53. The van der Waals surface area contributed by atoms with Crippen molar-refractivity contribution in [3.8, 4) is 11.4 Å². The number of para-hydroxylation sites is 2. The molecule has 0 fully saturated rings. The molecule has 6 nitrogen and oxygen atoms in total. The lowest BCUT2D eigenvalue weighted by molar-refractivity contribution is -0.133. The van der Waals surface area contributed by atoms with E-state index in [0.717, 1.165) is 29.7 Å². The minimum Gasteiger partial charge on any atom is -0.495 e. The smallest absolute Gasteiger partial charge is 0.313 e. The van der Waals surface area contributed by atoms with Gasteiger partial charge in [-0.15, -0.1) is 10.2 Å². The van der Waals surface area contributed by atoms with Crippen molar-refractivity contribution in [3.05, 3.63) is 66.0 Å². The van der Waals surface area contributed by atoms with Crippen LogP contribution in [0, 0.1) is 0 Å². The predicted molar refractivity (Wildman–Crippen MR) is 100 cm³/mol. The van der Waals surface area contributed by atoms with Gasteiger partial charge in [-0.1, -0.05) is 54.2 Å². The Kier molecular flexibility index (Phi) is 5.91. The third kappa shape index (κ3) is 4.23. The van der Waals surface area contributed by atoms with Gasteiger partial charge in [0.15, 0.2) is 5.16 Å². The Morgan fingerprint density at radius 1 is 1.08 bits per heavy atom. The van der Waals surface area contributed by atoms with Crippen molar-refractivity contribution in [1.82, 2.24) is 14.8 Å². The fourth-order valence-electron chi connectivity index (χ4n) is 2.64. The van der Waals surface area contributed by atoms with Crippen LogP contribution in [-0.2, 0) is 17.6 Å². The first kappa shape index (κ1) is 18.0. The molecule has 134 valence electrons. The fraction of sp³-hybridized carbons (Fsp3) is 0.211. The van der Waals surface area contributed by atoms with E-state index in [9.17, 15) is 4.79 Å². The molecule has 0 atom stereocenters. The van der Waals surface area contributed by atoms with Gasteiger partial charge in [-0.3, -0.25) is 9.36 Å². The number of aromatic nitrogens is 3. The number of benzene rings is 2. The summed E-state index contributed by atoms with van der Waals surface area (Å²) in [7, 11) is 1.61. The molecule has 0 radical (unpaired) electrons. The maximum Gasteiger partial charge on any atom is 0.313 e. The molecule has 0 aliphatic carbocycles. The SMILES string of the molecule is COc1ccccc1-n1c(CCc2ccccc2)nnc1SCC(=O)O. The van der Waals surface area contributed by atoms with Crippen LogP contribution in [0.1, 0.15) is 11.4 Å². The molecule has 0 saturated heterocycles. The van der Waals surface area contributed by atoms with E-state index >= 15 is 0 Å². The number of hydrogen-bond donors (Lipinski definition) is 1. The summed E-state index contributed by atoms with van der Waals surface area (Å²) in [4.78, 5) is 11.0. The van der Waals surface area contributed by atoms with Gasteiger partial charge in [0.2, 0.25) is 0 Å². The number of aliphatic carboxylic acids is 1. The lowest BCUT2D eigenvalue weighted by atomic mass is 10.1. The van der Waals surface area contributed by atoms with E-state index in [2.05, 4.69) is 22.3 Å². The molecule has 7 heteroatoms. The Bertz CT molecular complexity index is 881. The minimum absolute atomic E-state index is 0.0774. The largest absolute Gasteiger partial charge is 0.495 e. The average molecular weight is 369 g/mol. The molecule has 0 aliphatic rings. The van der Waals surface area contributed by atoms with Crippen molar-refractivity contribution in [1.29, 1.82) is 0 Å². The van der Waals surface area contributed by atoms with Gasteiger partial charge in [0.05, 0.1) is 18.6 Å². The van der Waals surface area contributed by atoms with Gasteiger partial charge in [-0.2, -0.15) is 0 Å². The average Bonchev–Trinajstić information content (AvgIpc) is 3.08. The number of rotatable bonds is 8. The maximum atomic E-state index is 11.0. The maximum absolute atomic E-state index is 11.0. The van der Waals surface area contributed by atoms with E-state index in [-0.39, 0.29) is 5.75 Å². The van der Waals surface area contributed by atoms with Crippen LogP contribution >= 0.6 is 11.8 Å². The van der Waals surface area contributed by atoms with Crippen LogP contribution < -0.4 is 4.74 Å². The molecule has 0 bridgehead atoms. The summed E-state index contributed by atoms with van der Waals surface area (Å²) in [5.74, 6) is 0.485. The first-order chi connectivity index (χ1) is 12.7. The van der Waals surface area contributed by atoms with Gasteiger partial charge in [-0.05, 0) is 24.1 Å². The summed E-state index contributed by atoms with van der Waals surface area (Å²) in [6.07, 6.45) is 1.50. The van der Waals surface area contributed by atoms with Crippen molar-refractivity contribution in [3.63, 3.8) is 0 Å². The van der Waals surface area contributed by atoms with Crippen molar-refractivity contribution in [2.45, 2.75) is 18.0 Å². The number of hydrogen-bond acceptors (Lipinski definition) is 5. The number of carbonyl (C=O) groups is 1. The van der Waals surface area contributed by atoms with E-state index in [4.69, 9.17) is 9.84 Å². The Labute approximate surface area is 155 Å². The highest BCUT2D eigenvalue weighted by Crippen LogP contribution is 2.29. The van der Waals surface area contributed by atoms with Gasteiger partial charge in [-0.25, -0.2) is 0 Å². The van der Waals surface area contributed by atoms with Crippen LogP contribution in [0.5, 0.6) is 5.75 Å². The van der Waals surface area contributed by atoms with Gasteiger partial charge < -0.3 is 9.84 Å². The topological polar surface area (TPSA) is 77.2 Å². The summed E-state index contributed by atoms with van der Waals surface area (Å²) in [6.45, 7) is 0. The molecule has 1 N–H and O–H groups in total. The summed E-state index contributed by atoms with van der Waals surface area (Å²) in [5.41, 5.74) is 2.01. The highest BCUT2D eigenvalue weighted by molar-refractivity contribution is 7.99. The lowest BCUT2D eigenvalue weighted by Gasteiger charge is -2.13. The number of nitrogens with zero attached hydrogens (tertiary/aromatic N) is 3. The van der Waals surface area contributed by atoms with Crippen molar-refractivity contribution in [2.24, 2.45) is 0 Å². The van der Waals surface area contributed by atoms with Crippen molar-refractivity contribution < 1.29 is 14.6 Å². The molecule has 3 rings (SSSR count). The molecule has 1 heterocycles. The molecule has 0 amide bonds. The molecule has 3 aromatic rings. The van der Waals surface area contributed by atoms with E-state index in [1.807, 2.05) is 47.0 Å². The summed E-state index contributed by atoms with van der Waals surface area (Å²) in [6, 6.07) is 17.7. The highest BCUT2D eigenvalue weighted by atomic mass is 32.2. The Morgan fingerprint density at radius 2 is 1.81 bits per heavy atom. The second-order valence-electron chi connectivity index (χ2n) is 5.57. The first-order valence-electron chi connectivity index (χ1n) is 8.15. The van der Waals surface area contributed by atoms with E-state index in [1.54, 1.807) is 7.11 Å². The van der Waals surface area contributed by atoms with E-state index in [0.29, 0.717) is 17.3 Å². The first-order valence-corrected chi connectivity index (χ1v) is 9.14. The monoisotopic (exact) mass is 369 g/mol. The normalized spacial score (nSPS) is 10.7. The molecule has 26 heavy (non-hydrogen) atoms. The number of carboxylic acids is 1. The number of thioether (sulfide) groups is 1. The molecular weight excluding hydrogens is 350 g/mol. The lowest BCUT2D eigenvalue weighted by Crippen LogP contribution is -2.07. The van der Waals surface area contributed by atoms with Gasteiger partial charge in [0.25, 0.3) is 0 Å². The highest BCUT2D eigenvalue weighted by Gasteiger charge is 2.18. The Morgan fingerprint density at radius 3 is 2.54 bits per heavy atom. The van der Waals surface area contributed by atoms with Crippen LogP contribution in [0.4, 0.5) is 0 Å². The van der Waals surface area contributed by atoms with Gasteiger partial charge >= 0.3 is 5.97 Å². The van der Waals surface area contributed by atoms with Crippen LogP contribution in [0.2, 0.25) is 0 Å². The molecule has 0 spiro atoms. The van der Waals surface area contributed by atoms with Crippen LogP contribution in [0.15, 0.2) is 59.8 Å². The van der Waals surface area contributed by atoms with Gasteiger partial charge in [0.1, 0.15) is 11.6 Å². The van der Waals surface area contributed by atoms with Crippen molar-refractivity contribution in [2.75, 3.05) is 12.9 Å². The molecule has 1 aromatic heterocycles. The minimum atomic E-state index is -0.893. The third-order valence-electron chi connectivity index (χ3n) is 3.83. The Hall–Kier alpha value is -2.80. The molecule has 2 aromatic carbocycles. The number of carboxylic acid groups (broad SMARTS) is 1. The zero-order valence-electron chi connectivity index (χ0n) is 14.3. The standard InChI is InChI=1S/C19H19N3O3S/c1-25-16-10-6-5-9-15(16)22-17(12-11-14-7-3-2-4-8-14)20-21-19(22)26-13-18(23)24/h2-10H,11-13H2,1H3,(H,23,24). The number of methoxy groups -OCH3 is 1. The zero-order chi connectivity index (χ0) is 18.4. The number of aryl methyl sites for hydroxylation is 2. The van der Waals surface area contributed by atoms with Crippen molar-refractivity contribution >= 4 is 17.7 Å².